The number of benzene rings is 1. The highest BCUT2D eigenvalue weighted by Gasteiger charge is 2.24. The topological polar surface area (TPSA) is 52.6 Å². The van der Waals surface area contributed by atoms with E-state index in [0.29, 0.717) is 31.8 Å². The maximum Gasteiger partial charge on any atom is 0.318 e. The second-order valence-electron chi connectivity index (χ2n) is 4.77. The minimum absolute atomic E-state index is 0.0399. The van der Waals surface area contributed by atoms with Gasteiger partial charge >= 0.3 is 5.97 Å². The molecule has 1 aromatic rings. The van der Waals surface area contributed by atoms with Crippen LogP contribution >= 0.6 is 0 Å². The van der Waals surface area contributed by atoms with Gasteiger partial charge in [-0.15, -0.1) is 0 Å². The summed E-state index contributed by atoms with van der Waals surface area (Å²) in [4.78, 5) is 23.7. The van der Waals surface area contributed by atoms with E-state index >= 15 is 0 Å². The largest absolute Gasteiger partial charge is 0.426 e. The third-order valence-electron chi connectivity index (χ3n) is 3.31. The molecule has 0 aromatic heterocycles. The number of carbonyl (C=O) groups excluding carboxylic acids is 2. The number of ether oxygens (including phenoxy) is 2. The Balaban J connectivity index is 1.87. The van der Waals surface area contributed by atoms with Crippen molar-refractivity contribution >= 4 is 11.8 Å². The van der Waals surface area contributed by atoms with Crippen molar-refractivity contribution in [3.8, 4) is 5.75 Å². The molecule has 1 heterocycles. The number of carbonyl (C=O) groups is 2. The fraction of sp³-hybridized carbons (Fsp3) is 0.467. The number of aryl methyl sites for hydroxylation is 1. The van der Waals surface area contributed by atoms with Crippen LogP contribution in [0.15, 0.2) is 24.3 Å². The Morgan fingerprint density at radius 1 is 1.26 bits per heavy atom. The fourth-order valence-corrected chi connectivity index (χ4v) is 2.14. The van der Waals surface area contributed by atoms with Crippen molar-refractivity contribution in [1.82, 2.24) is 0 Å². The zero-order valence-electron chi connectivity index (χ0n) is 11.1. The summed E-state index contributed by atoms with van der Waals surface area (Å²) >= 11 is 0. The predicted molar refractivity (Wildman–Crippen MR) is 70.0 cm³/mol. The van der Waals surface area contributed by atoms with Crippen LogP contribution in [-0.2, 0) is 14.3 Å². The van der Waals surface area contributed by atoms with E-state index in [9.17, 15) is 9.59 Å². The first kappa shape index (κ1) is 13.7. The van der Waals surface area contributed by atoms with Crippen LogP contribution in [0.2, 0.25) is 0 Å². The molecule has 0 spiro atoms. The lowest BCUT2D eigenvalue weighted by Crippen LogP contribution is -2.26. The Morgan fingerprint density at radius 2 is 1.95 bits per heavy atom. The fourth-order valence-electron chi connectivity index (χ4n) is 2.14. The van der Waals surface area contributed by atoms with Crippen LogP contribution in [0, 0.1) is 12.8 Å². The van der Waals surface area contributed by atoms with E-state index in [2.05, 4.69) is 0 Å². The van der Waals surface area contributed by atoms with Crippen LogP contribution in [0.3, 0.4) is 0 Å². The van der Waals surface area contributed by atoms with Gasteiger partial charge in [0.1, 0.15) is 18.0 Å². The third-order valence-corrected chi connectivity index (χ3v) is 3.31. The minimum Gasteiger partial charge on any atom is -0.426 e. The first-order chi connectivity index (χ1) is 9.16. The molecular formula is C15H18O4. The molecule has 1 saturated heterocycles. The summed E-state index contributed by atoms with van der Waals surface area (Å²) in [6.07, 6.45) is 1.26. The van der Waals surface area contributed by atoms with Crippen LogP contribution < -0.4 is 4.74 Å². The molecule has 0 amide bonds. The molecule has 2 rings (SSSR count). The van der Waals surface area contributed by atoms with Gasteiger partial charge < -0.3 is 9.47 Å². The molecule has 1 aliphatic heterocycles. The van der Waals surface area contributed by atoms with Crippen molar-refractivity contribution in [3.05, 3.63) is 29.8 Å². The summed E-state index contributed by atoms with van der Waals surface area (Å²) < 4.78 is 10.4. The monoisotopic (exact) mass is 262 g/mol. The van der Waals surface area contributed by atoms with Crippen LogP contribution in [-0.4, -0.2) is 25.0 Å². The van der Waals surface area contributed by atoms with E-state index in [0.717, 1.165) is 5.56 Å². The van der Waals surface area contributed by atoms with Crippen molar-refractivity contribution < 1.29 is 19.1 Å². The van der Waals surface area contributed by atoms with Gasteiger partial charge in [-0.25, -0.2) is 0 Å². The van der Waals surface area contributed by atoms with Crippen LogP contribution in [0.25, 0.3) is 0 Å². The number of para-hydroxylation sites is 1. The average Bonchev–Trinajstić information content (AvgIpc) is 2.42. The van der Waals surface area contributed by atoms with E-state index < -0.39 is 5.97 Å². The Morgan fingerprint density at radius 3 is 2.63 bits per heavy atom. The molecular weight excluding hydrogens is 244 g/mol. The van der Waals surface area contributed by atoms with Crippen molar-refractivity contribution in [2.45, 2.75) is 26.2 Å². The molecule has 19 heavy (non-hydrogen) atoms. The van der Waals surface area contributed by atoms with Gasteiger partial charge in [0, 0.05) is 19.1 Å². The van der Waals surface area contributed by atoms with E-state index in [1.54, 1.807) is 12.1 Å². The number of esters is 1. The molecule has 1 aliphatic rings. The Kier molecular flexibility index (Phi) is 4.68. The molecule has 1 fully saturated rings. The summed E-state index contributed by atoms with van der Waals surface area (Å²) in [7, 11) is 0. The van der Waals surface area contributed by atoms with Crippen molar-refractivity contribution in [3.63, 3.8) is 0 Å². The van der Waals surface area contributed by atoms with Crippen molar-refractivity contribution in [2.24, 2.45) is 5.92 Å². The average molecular weight is 262 g/mol. The van der Waals surface area contributed by atoms with Gasteiger partial charge in [0.2, 0.25) is 0 Å². The zero-order chi connectivity index (χ0) is 13.7. The summed E-state index contributed by atoms with van der Waals surface area (Å²) in [6, 6.07) is 7.27. The van der Waals surface area contributed by atoms with Gasteiger partial charge in [0.05, 0.1) is 0 Å². The molecule has 0 saturated carbocycles. The van der Waals surface area contributed by atoms with Gasteiger partial charge in [0.25, 0.3) is 0 Å². The SMILES string of the molecule is Cc1ccccc1OC(=O)CC(=O)C1CCOCC1. The quantitative estimate of drug-likeness (QED) is 0.474. The summed E-state index contributed by atoms with van der Waals surface area (Å²) in [6.45, 7) is 3.06. The maximum absolute atomic E-state index is 11.9. The Hall–Kier alpha value is -1.68. The molecule has 4 nitrogen and oxygen atoms in total. The van der Waals surface area contributed by atoms with E-state index in [-0.39, 0.29) is 18.1 Å². The molecule has 0 bridgehead atoms. The lowest BCUT2D eigenvalue weighted by Gasteiger charge is -2.20. The lowest BCUT2D eigenvalue weighted by molar-refractivity contribution is -0.140. The van der Waals surface area contributed by atoms with Crippen molar-refractivity contribution in [1.29, 1.82) is 0 Å². The Labute approximate surface area is 112 Å². The molecule has 0 radical (unpaired) electrons. The molecule has 4 heteroatoms. The highest BCUT2D eigenvalue weighted by Crippen LogP contribution is 2.19. The summed E-state index contributed by atoms with van der Waals surface area (Å²) in [5.41, 5.74) is 0.884. The standard InChI is InChI=1S/C15H18O4/c1-11-4-2-3-5-14(11)19-15(17)10-13(16)12-6-8-18-9-7-12/h2-5,12H,6-10H2,1H3. The van der Waals surface area contributed by atoms with Gasteiger partial charge in [-0.1, -0.05) is 18.2 Å². The molecule has 102 valence electrons. The molecule has 0 aliphatic carbocycles. The molecule has 1 aromatic carbocycles. The highest BCUT2D eigenvalue weighted by atomic mass is 16.5. The normalized spacial score (nSPS) is 16.1. The van der Waals surface area contributed by atoms with Gasteiger partial charge in [-0.2, -0.15) is 0 Å². The number of ketones is 1. The van der Waals surface area contributed by atoms with Crippen molar-refractivity contribution in [2.75, 3.05) is 13.2 Å². The molecule has 0 atom stereocenters. The van der Waals surface area contributed by atoms with Gasteiger partial charge in [-0.3, -0.25) is 9.59 Å². The molecule has 0 unspecified atom stereocenters. The smallest absolute Gasteiger partial charge is 0.318 e. The lowest BCUT2D eigenvalue weighted by atomic mass is 9.94. The second kappa shape index (κ2) is 6.48. The molecule has 0 N–H and O–H groups in total. The van der Waals surface area contributed by atoms with Crippen LogP contribution in [0.5, 0.6) is 5.75 Å². The highest BCUT2D eigenvalue weighted by molar-refractivity contribution is 5.97. The van der Waals surface area contributed by atoms with Gasteiger partial charge in [0.15, 0.2) is 0 Å². The first-order valence-electron chi connectivity index (χ1n) is 6.53. The van der Waals surface area contributed by atoms with E-state index in [1.807, 2.05) is 19.1 Å². The number of rotatable bonds is 4. The number of hydrogen-bond acceptors (Lipinski definition) is 4. The van der Waals surface area contributed by atoms with Gasteiger partial charge in [-0.05, 0) is 31.4 Å². The number of Topliss-reactive ketones (excluding diaryl/α,β-unsaturated/α-hetero) is 1. The second-order valence-corrected chi connectivity index (χ2v) is 4.77. The van der Waals surface area contributed by atoms with Crippen LogP contribution in [0.1, 0.15) is 24.8 Å². The summed E-state index contributed by atoms with van der Waals surface area (Å²) in [5.74, 6) is -0.0573. The maximum atomic E-state index is 11.9. The first-order valence-corrected chi connectivity index (χ1v) is 6.53. The minimum atomic E-state index is -0.481. The predicted octanol–water partition coefficient (Wildman–Crippen LogP) is 2.29. The zero-order valence-corrected chi connectivity index (χ0v) is 11.1. The third kappa shape index (κ3) is 3.89. The van der Waals surface area contributed by atoms with E-state index in [4.69, 9.17) is 9.47 Å². The Bertz CT molecular complexity index is 461. The van der Waals surface area contributed by atoms with Crippen LogP contribution in [0.4, 0.5) is 0 Å². The number of hydrogen-bond donors (Lipinski definition) is 0. The van der Waals surface area contributed by atoms with E-state index in [1.165, 1.54) is 0 Å². The summed E-state index contributed by atoms with van der Waals surface area (Å²) in [5, 5.41) is 0.